The van der Waals surface area contributed by atoms with Crippen LogP contribution in [0.2, 0.25) is 5.02 Å². The van der Waals surface area contributed by atoms with Gasteiger partial charge in [-0.25, -0.2) is 0 Å². The lowest BCUT2D eigenvalue weighted by atomic mass is 10.1. The van der Waals surface area contributed by atoms with Crippen LogP contribution < -0.4 is 4.74 Å². The number of halogens is 3. The largest absolute Gasteiger partial charge is 0.494 e. The fraction of sp³-hybridized carbons (Fsp3) is 0.176. The van der Waals surface area contributed by atoms with Crippen LogP contribution in [0.1, 0.15) is 17.5 Å². The van der Waals surface area contributed by atoms with Gasteiger partial charge in [0.25, 0.3) is 0 Å². The van der Waals surface area contributed by atoms with Gasteiger partial charge in [0.15, 0.2) is 0 Å². The molecule has 21 heavy (non-hydrogen) atoms. The van der Waals surface area contributed by atoms with Crippen LogP contribution in [0.15, 0.2) is 46.9 Å². The zero-order valence-corrected chi connectivity index (χ0v) is 15.9. The minimum Gasteiger partial charge on any atom is -0.494 e. The second-order valence-electron chi connectivity index (χ2n) is 4.46. The molecule has 110 valence electrons. The van der Waals surface area contributed by atoms with Gasteiger partial charge in [-0.2, -0.15) is 0 Å². The van der Waals surface area contributed by atoms with Crippen molar-refractivity contribution >= 4 is 62.3 Å². The minimum atomic E-state index is 0.727. The van der Waals surface area contributed by atoms with Crippen molar-refractivity contribution in [1.29, 1.82) is 0 Å². The van der Waals surface area contributed by atoms with Crippen LogP contribution in [-0.2, 0) is 0 Å². The van der Waals surface area contributed by atoms with Crippen LogP contribution in [0, 0.1) is 0 Å². The number of rotatable bonds is 6. The summed E-state index contributed by atoms with van der Waals surface area (Å²) in [5.74, 6) is 0.914. The molecule has 0 saturated heterocycles. The highest BCUT2D eigenvalue weighted by Gasteiger charge is 1.98. The van der Waals surface area contributed by atoms with Gasteiger partial charge in [0.05, 0.1) is 6.61 Å². The van der Waals surface area contributed by atoms with Crippen molar-refractivity contribution in [3.8, 4) is 5.75 Å². The van der Waals surface area contributed by atoms with E-state index in [1.54, 1.807) is 0 Å². The molecule has 0 amide bonds. The van der Waals surface area contributed by atoms with Gasteiger partial charge in [-0.05, 0) is 41.8 Å². The van der Waals surface area contributed by atoms with Gasteiger partial charge in [-0.3, -0.25) is 0 Å². The fourth-order valence-electron chi connectivity index (χ4n) is 1.78. The Morgan fingerprint density at radius 1 is 1.14 bits per heavy atom. The Kier molecular flexibility index (Phi) is 7.07. The molecule has 0 N–H and O–H groups in total. The number of alkyl halides is 1. The Bertz CT molecular complexity index is 628. The number of ether oxygens (including phenoxy) is 1. The molecule has 2 aromatic carbocycles. The molecule has 0 aliphatic rings. The molecular weight excluding hydrogens is 462 g/mol. The van der Waals surface area contributed by atoms with Gasteiger partial charge in [0.2, 0.25) is 0 Å². The molecule has 0 spiro atoms. The maximum absolute atomic E-state index is 5.94. The second-order valence-corrected chi connectivity index (χ2v) is 6.83. The number of hydrogen-bond acceptors (Lipinski definition) is 1. The molecule has 0 aliphatic heterocycles. The first-order chi connectivity index (χ1) is 10.2. The van der Waals surface area contributed by atoms with Gasteiger partial charge in [0, 0.05) is 13.9 Å². The number of hydrogen-bond donors (Lipinski definition) is 0. The Morgan fingerprint density at radius 3 is 2.76 bits per heavy atom. The summed E-state index contributed by atoms with van der Waals surface area (Å²) in [6.45, 7) is 0.763. The Morgan fingerprint density at radius 2 is 2.00 bits per heavy atom. The van der Waals surface area contributed by atoms with Crippen molar-refractivity contribution in [1.82, 2.24) is 0 Å². The van der Waals surface area contributed by atoms with E-state index in [1.165, 1.54) is 0 Å². The summed E-state index contributed by atoms with van der Waals surface area (Å²) in [7, 11) is 0. The lowest BCUT2D eigenvalue weighted by molar-refractivity contribution is 0.319. The zero-order valence-electron chi connectivity index (χ0n) is 11.4. The third-order valence-electron chi connectivity index (χ3n) is 2.82. The summed E-state index contributed by atoms with van der Waals surface area (Å²) in [5.41, 5.74) is 2.21. The quantitative estimate of drug-likeness (QED) is 0.200. The Hall–Kier alpha value is -0.520. The predicted octanol–water partition coefficient (Wildman–Crippen LogP) is 6.48. The fourth-order valence-corrected chi connectivity index (χ4v) is 2.90. The molecule has 0 heterocycles. The predicted molar refractivity (Wildman–Crippen MR) is 104 cm³/mol. The monoisotopic (exact) mass is 476 g/mol. The summed E-state index contributed by atoms with van der Waals surface area (Å²) in [6.07, 6.45) is 5.20. The normalized spacial score (nSPS) is 11.0. The highest BCUT2D eigenvalue weighted by molar-refractivity contribution is 14.1. The van der Waals surface area contributed by atoms with E-state index in [2.05, 4.69) is 56.7 Å². The molecule has 0 saturated carbocycles. The average molecular weight is 478 g/mol. The lowest BCUT2D eigenvalue weighted by Crippen LogP contribution is -1.97. The van der Waals surface area contributed by atoms with Crippen LogP contribution >= 0.6 is 50.1 Å². The van der Waals surface area contributed by atoms with Gasteiger partial charge < -0.3 is 4.74 Å². The molecular formula is C17H15BrClIO. The van der Waals surface area contributed by atoms with Crippen molar-refractivity contribution in [2.75, 3.05) is 11.0 Å². The summed E-state index contributed by atoms with van der Waals surface area (Å²) in [6, 6.07) is 13.9. The lowest BCUT2D eigenvalue weighted by Gasteiger charge is -2.05. The highest BCUT2D eigenvalue weighted by atomic mass is 127. The molecule has 0 radical (unpaired) electrons. The summed E-state index contributed by atoms with van der Waals surface area (Å²) in [4.78, 5) is 0. The van der Waals surface area contributed by atoms with E-state index in [0.29, 0.717) is 0 Å². The molecule has 0 aliphatic carbocycles. The van der Waals surface area contributed by atoms with E-state index in [4.69, 9.17) is 16.3 Å². The molecule has 2 rings (SSSR count). The van der Waals surface area contributed by atoms with E-state index in [-0.39, 0.29) is 0 Å². The second kappa shape index (κ2) is 8.81. The van der Waals surface area contributed by atoms with Gasteiger partial charge in [-0.1, -0.05) is 80.5 Å². The van der Waals surface area contributed by atoms with Crippen LogP contribution in [-0.4, -0.2) is 11.0 Å². The topological polar surface area (TPSA) is 9.23 Å². The first-order valence-corrected chi connectivity index (χ1v) is 9.30. The zero-order chi connectivity index (χ0) is 15.1. The van der Waals surface area contributed by atoms with Crippen molar-refractivity contribution in [2.45, 2.75) is 6.42 Å². The standard InChI is InChI=1S/C17H15BrClIO/c18-17-12-15(19)8-7-14(17)6-5-13-3-1-4-16(11-13)21-10-2-9-20/h1,3-8,11-12H,2,9-10H2/b6-5+. The van der Waals surface area contributed by atoms with Crippen molar-refractivity contribution < 1.29 is 4.74 Å². The van der Waals surface area contributed by atoms with E-state index >= 15 is 0 Å². The van der Waals surface area contributed by atoms with Crippen molar-refractivity contribution in [3.05, 3.63) is 63.1 Å². The molecule has 0 fully saturated rings. The molecule has 2 aromatic rings. The molecule has 0 bridgehead atoms. The molecule has 0 unspecified atom stereocenters. The maximum Gasteiger partial charge on any atom is 0.119 e. The van der Waals surface area contributed by atoms with Crippen molar-refractivity contribution in [2.24, 2.45) is 0 Å². The first kappa shape index (κ1) is 16.8. The number of benzene rings is 2. The smallest absolute Gasteiger partial charge is 0.119 e. The summed E-state index contributed by atoms with van der Waals surface area (Å²) >= 11 is 11.8. The van der Waals surface area contributed by atoms with Crippen LogP contribution in [0.25, 0.3) is 12.2 Å². The first-order valence-electron chi connectivity index (χ1n) is 6.61. The molecule has 4 heteroatoms. The molecule has 0 atom stereocenters. The van der Waals surface area contributed by atoms with E-state index < -0.39 is 0 Å². The van der Waals surface area contributed by atoms with E-state index in [0.717, 1.165) is 43.8 Å². The Balaban J connectivity index is 2.08. The third kappa shape index (κ3) is 5.64. The van der Waals surface area contributed by atoms with Gasteiger partial charge >= 0.3 is 0 Å². The summed E-state index contributed by atoms with van der Waals surface area (Å²) in [5, 5.41) is 0.727. The minimum absolute atomic E-state index is 0.727. The SMILES string of the molecule is Clc1ccc(/C=C/c2cccc(OCCCI)c2)c(Br)c1. The molecule has 0 aromatic heterocycles. The highest BCUT2D eigenvalue weighted by Crippen LogP contribution is 2.24. The maximum atomic E-state index is 5.94. The van der Waals surface area contributed by atoms with Gasteiger partial charge in [0.1, 0.15) is 5.75 Å². The van der Waals surface area contributed by atoms with E-state index in [9.17, 15) is 0 Å². The average Bonchev–Trinajstić information content (AvgIpc) is 2.47. The summed E-state index contributed by atoms with van der Waals surface area (Å²) < 4.78 is 7.81. The van der Waals surface area contributed by atoms with Crippen LogP contribution in [0.3, 0.4) is 0 Å². The van der Waals surface area contributed by atoms with Gasteiger partial charge in [-0.15, -0.1) is 0 Å². The van der Waals surface area contributed by atoms with E-state index in [1.807, 2.05) is 36.4 Å². The van der Waals surface area contributed by atoms with Crippen LogP contribution in [0.5, 0.6) is 5.75 Å². The molecule has 1 nitrogen and oxygen atoms in total. The Labute approximate surface area is 152 Å². The van der Waals surface area contributed by atoms with Crippen LogP contribution in [0.4, 0.5) is 0 Å². The van der Waals surface area contributed by atoms with Crippen molar-refractivity contribution in [3.63, 3.8) is 0 Å². The third-order valence-corrected chi connectivity index (χ3v) is 4.51.